The predicted molar refractivity (Wildman–Crippen MR) is 121 cm³/mol. The van der Waals surface area contributed by atoms with E-state index in [1.807, 2.05) is 42.9 Å². The molecule has 3 rings (SSSR count). The molecule has 0 aliphatic carbocycles. The van der Waals surface area contributed by atoms with E-state index in [9.17, 15) is 9.59 Å². The lowest BCUT2D eigenvalue weighted by Crippen LogP contribution is -2.28. The number of nitrogens with one attached hydrogen (secondary N) is 1. The average Bonchev–Trinajstić information content (AvgIpc) is 3.43. The molecule has 2 aromatic heterocycles. The summed E-state index contributed by atoms with van der Waals surface area (Å²) in [6.07, 6.45) is 3.73. The Hall–Kier alpha value is -3.46. The number of aryl methyl sites for hydroxylation is 1. The highest BCUT2D eigenvalue weighted by atomic mass is 32.1. The highest BCUT2D eigenvalue weighted by Gasteiger charge is 2.22. The number of rotatable bonds is 9. The molecule has 170 valence electrons. The summed E-state index contributed by atoms with van der Waals surface area (Å²) in [5.74, 6) is 0.621. The Labute approximate surface area is 190 Å². The van der Waals surface area contributed by atoms with E-state index in [1.54, 1.807) is 12.1 Å². The van der Waals surface area contributed by atoms with Gasteiger partial charge >= 0.3 is 5.97 Å². The van der Waals surface area contributed by atoms with Crippen LogP contribution >= 0.6 is 11.3 Å². The zero-order valence-corrected chi connectivity index (χ0v) is 19.5. The number of benzene rings is 1. The summed E-state index contributed by atoms with van der Waals surface area (Å²) in [5, 5.41) is 3.51. The number of hydrogen-bond acceptors (Lipinski definition) is 7. The van der Waals surface area contributed by atoms with Gasteiger partial charge in [-0.15, -0.1) is 11.3 Å². The van der Waals surface area contributed by atoms with Crippen LogP contribution in [0.1, 0.15) is 26.4 Å². The normalized spacial score (nSPS) is 10.5. The summed E-state index contributed by atoms with van der Waals surface area (Å²) in [5.41, 5.74) is 2.02. The van der Waals surface area contributed by atoms with E-state index < -0.39 is 18.5 Å². The van der Waals surface area contributed by atoms with Crippen LogP contribution in [0, 0.1) is 13.8 Å². The summed E-state index contributed by atoms with van der Waals surface area (Å²) >= 11 is 1.50. The van der Waals surface area contributed by atoms with Gasteiger partial charge in [-0.2, -0.15) is 0 Å². The van der Waals surface area contributed by atoms with Crippen molar-refractivity contribution in [3.63, 3.8) is 0 Å². The Morgan fingerprint density at radius 3 is 2.22 bits per heavy atom. The van der Waals surface area contributed by atoms with Crippen LogP contribution < -0.4 is 19.5 Å². The van der Waals surface area contributed by atoms with E-state index in [-0.39, 0.29) is 6.54 Å². The molecule has 2 heterocycles. The molecule has 0 aliphatic heterocycles. The van der Waals surface area contributed by atoms with Gasteiger partial charge in [0.2, 0.25) is 0 Å². The first-order valence-electron chi connectivity index (χ1n) is 9.85. The Morgan fingerprint density at radius 1 is 0.969 bits per heavy atom. The molecular weight excluding hydrogens is 432 g/mol. The molecule has 0 bridgehead atoms. The first-order chi connectivity index (χ1) is 15.4. The van der Waals surface area contributed by atoms with Crippen molar-refractivity contribution in [2.45, 2.75) is 20.4 Å². The number of hydrogen-bond donors (Lipinski definition) is 1. The van der Waals surface area contributed by atoms with Crippen molar-refractivity contribution in [2.24, 2.45) is 0 Å². The van der Waals surface area contributed by atoms with E-state index in [1.165, 1.54) is 32.7 Å². The van der Waals surface area contributed by atoms with Crippen LogP contribution in [0.3, 0.4) is 0 Å². The van der Waals surface area contributed by atoms with Gasteiger partial charge in [-0.25, -0.2) is 4.79 Å². The third-order valence-electron chi connectivity index (χ3n) is 5.01. The molecular formula is C23H26N2O6S. The monoisotopic (exact) mass is 458 g/mol. The van der Waals surface area contributed by atoms with E-state index >= 15 is 0 Å². The lowest BCUT2D eigenvalue weighted by Gasteiger charge is -2.14. The number of methoxy groups -OCH3 is 3. The number of esters is 1. The Balaban J connectivity index is 1.65. The van der Waals surface area contributed by atoms with Gasteiger partial charge in [-0.05, 0) is 37.6 Å². The fraction of sp³-hybridized carbons (Fsp3) is 0.304. The fourth-order valence-electron chi connectivity index (χ4n) is 3.18. The summed E-state index contributed by atoms with van der Waals surface area (Å²) in [6, 6.07) is 7.18. The molecule has 0 unspecified atom stereocenters. The van der Waals surface area contributed by atoms with Crippen molar-refractivity contribution in [1.29, 1.82) is 0 Å². The lowest BCUT2D eigenvalue weighted by atomic mass is 10.1. The third kappa shape index (κ3) is 4.88. The molecule has 32 heavy (non-hydrogen) atoms. The molecule has 0 spiro atoms. The molecule has 0 radical (unpaired) electrons. The predicted octanol–water partition coefficient (Wildman–Crippen LogP) is 3.65. The van der Waals surface area contributed by atoms with Gasteiger partial charge in [0.25, 0.3) is 5.91 Å². The number of carbonyl (C=O) groups is 2. The topological polar surface area (TPSA) is 88.0 Å². The summed E-state index contributed by atoms with van der Waals surface area (Å²) in [6.45, 7) is 3.60. The molecule has 9 heteroatoms. The molecule has 1 aromatic carbocycles. The maximum atomic E-state index is 12.8. The molecule has 0 atom stereocenters. The minimum Gasteiger partial charge on any atom is -0.496 e. The molecule has 1 N–H and O–H groups in total. The number of thiophene rings is 1. The SMILES string of the molecule is COc1cc(OC)c(OC)cc1CNC(=O)COC(=O)c1c(-n2cccc2)sc(C)c1C. The average molecular weight is 459 g/mol. The van der Waals surface area contributed by atoms with Crippen LogP contribution in [0.15, 0.2) is 36.7 Å². The van der Waals surface area contributed by atoms with Crippen LogP contribution in [0.2, 0.25) is 0 Å². The number of carbonyl (C=O) groups excluding carboxylic acids is 2. The summed E-state index contributed by atoms with van der Waals surface area (Å²) in [7, 11) is 4.59. The standard InChI is InChI=1S/C23H26N2O6S/c1-14-15(2)32-22(25-8-6-7-9-25)21(14)23(27)31-13-20(26)24-12-16-10-18(29-4)19(30-5)11-17(16)28-3/h6-11H,12-13H2,1-5H3,(H,24,26). The second kappa shape index (κ2) is 10.2. The van der Waals surface area contributed by atoms with Crippen LogP contribution in [-0.2, 0) is 16.1 Å². The summed E-state index contributed by atoms with van der Waals surface area (Å²) in [4.78, 5) is 26.1. The number of amides is 1. The lowest BCUT2D eigenvalue weighted by molar-refractivity contribution is -0.124. The Bertz CT molecular complexity index is 1100. The molecule has 3 aromatic rings. The van der Waals surface area contributed by atoms with Crippen LogP contribution in [0.5, 0.6) is 17.2 Å². The van der Waals surface area contributed by atoms with Gasteiger partial charge in [-0.1, -0.05) is 0 Å². The van der Waals surface area contributed by atoms with Crippen molar-refractivity contribution in [1.82, 2.24) is 9.88 Å². The van der Waals surface area contributed by atoms with Crippen LogP contribution in [-0.4, -0.2) is 44.4 Å². The van der Waals surface area contributed by atoms with Gasteiger partial charge in [-0.3, -0.25) is 4.79 Å². The number of ether oxygens (including phenoxy) is 4. The van der Waals surface area contributed by atoms with Crippen molar-refractivity contribution in [3.05, 3.63) is 58.2 Å². The highest BCUT2D eigenvalue weighted by molar-refractivity contribution is 7.15. The number of nitrogens with zero attached hydrogens (tertiary/aromatic N) is 1. The molecule has 1 amide bonds. The molecule has 0 fully saturated rings. The van der Waals surface area contributed by atoms with E-state index in [0.29, 0.717) is 28.4 Å². The van der Waals surface area contributed by atoms with Gasteiger partial charge in [0.05, 0.1) is 26.9 Å². The Morgan fingerprint density at radius 2 is 1.59 bits per heavy atom. The minimum absolute atomic E-state index is 0.172. The van der Waals surface area contributed by atoms with Crippen molar-refractivity contribution in [3.8, 4) is 22.2 Å². The zero-order valence-electron chi connectivity index (χ0n) is 18.7. The molecule has 8 nitrogen and oxygen atoms in total. The molecule has 0 saturated heterocycles. The minimum atomic E-state index is -0.533. The van der Waals surface area contributed by atoms with Crippen molar-refractivity contribution >= 4 is 23.2 Å². The maximum Gasteiger partial charge on any atom is 0.341 e. The highest BCUT2D eigenvalue weighted by Crippen LogP contribution is 2.34. The van der Waals surface area contributed by atoms with Crippen LogP contribution in [0.4, 0.5) is 0 Å². The summed E-state index contributed by atoms with van der Waals surface area (Å²) < 4.78 is 23.1. The van der Waals surface area contributed by atoms with Crippen LogP contribution in [0.25, 0.3) is 5.00 Å². The maximum absolute atomic E-state index is 12.8. The largest absolute Gasteiger partial charge is 0.496 e. The van der Waals surface area contributed by atoms with Crippen molar-refractivity contribution < 1.29 is 28.5 Å². The Kier molecular flexibility index (Phi) is 7.42. The van der Waals surface area contributed by atoms with E-state index in [4.69, 9.17) is 18.9 Å². The van der Waals surface area contributed by atoms with E-state index in [2.05, 4.69) is 5.32 Å². The molecule has 0 saturated carbocycles. The van der Waals surface area contributed by atoms with Gasteiger partial charge in [0.15, 0.2) is 18.1 Å². The smallest absolute Gasteiger partial charge is 0.341 e. The van der Waals surface area contributed by atoms with E-state index in [0.717, 1.165) is 15.4 Å². The van der Waals surface area contributed by atoms with Gasteiger partial charge < -0.3 is 28.8 Å². The molecule has 0 aliphatic rings. The zero-order chi connectivity index (χ0) is 23.3. The second-order valence-corrected chi connectivity index (χ2v) is 8.13. The van der Waals surface area contributed by atoms with Gasteiger partial charge in [0, 0.05) is 35.4 Å². The van der Waals surface area contributed by atoms with Crippen molar-refractivity contribution in [2.75, 3.05) is 27.9 Å². The first-order valence-corrected chi connectivity index (χ1v) is 10.7. The third-order valence-corrected chi connectivity index (χ3v) is 6.23. The first kappa shape index (κ1) is 23.2. The second-order valence-electron chi connectivity index (χ2n) is 6.93. The number of aromatic nitrogens is 1. The fourth-order valence-corrected chi connectivity index (χ4v) is 4.29. The quantitative estimate of drug-likeness (QED) is 0.493. The van der Waals surface area contributed by atoms with Gasteiger partial charge in [0.1, 0.15) is 10.8 Å².